The summed E-state index contributed by atoms with van der Waals surface area (Å²) in [6.07, 6.45) is 21.9. The Bertz CT molecular complexity index is 546. The monoisotopic (exact) mass is 543 g/mol. The largest absolute Gasteiger partial charge is 0.464 e. The molecule has 0 aliphatic heterocycles. The number of alkyl halides is 1. The molecule has 6 heteroatoms. The molecule has 5 nitrogen and oxygen atoms in total. The molecular formula is C32H62FNO4. The van der Waals surface area contributed by atoms with Crippen molar-refractivity contribution in [2.24, 2.45) is 0 Å². The number of ether oxygens (including phenoxy) is 1. The van der Waals surface area contributed by atoms with Crippen LogP contribution in [0, 0.1) is 0 Å². The SMILES string of the molecule is CCCCCCCCCCCCCC[C@H](F)[C@@H](O)[C@@H](NC(=O)CCCCCCCCCCC)C(=O)OCC. The van der Waals surface area contributed by atoms with Crippen LogP contribution in [0.3, 0.4) is 0 Å². The van der Waals surface area contributed by atoms with Crippen LogP contribution in [0.1, 0.15) is 168 Å². The zero-order valence-corrected chi connectivity index (χ0v) is 25.3. The molecule has 1 amide bonds. The molecule has 0 aromatic carbocycles. The molecule has 0 aromatic heterocycles. The summed E-state index contributed by atoms with van der Waals surface area (Å²) in [6.45, 7) is 6.23. The minimum Gasteiger partial charge on any atom is -0.464 e. The van der Waals surface area contributed by atoms with Gasteiger partial charge in [0.15, 0.2) is 6.04 Å². The van der Waals surface area contributed by atoms with Gasteiger partial charge < -0.3 is 15.2 Å². The van der Waals surface area contributed by atoms with E-state index in [1.165, 1.54) is 89.9 Å². The first-order valence-electron chi connectivity index (χ1n) is 16.3. The molecule has 0 unspecified atom stereocenters. The molecule has 0 bridgehead atoms. The van der Waals surface area contributed by atoms with Gasteiger partial charge in [0.05, 0.1) is 6.61 Å². The van der Waals surface area contributed by atoms with E-state index in [4.69, 9.17) is 4.74 Å². The number of carbonyl (C=O) groups excluding carboxylic acids is 2. The van der Waals surface area contributed by atoms with Crippen molar-refractivity contribution < 1.29 is 23.8 Å². The summed E-state index contributed by atoms with van der Waals surface area (Å²) >= 11 is 0. The number of unbranched alkanes of at least 4 members (excludes halogenated alkanes) is 19. The smallest absolute Gasteiger partial charge is 0.331 e. The second-order valence-corrected chi connectivity index (χ2v) is 11.1. The summed E-state index contributed by atoms with van der Waals surface area (Å²) < 4.78 is 19.8. The summed E-state index contributed by atoms with van der Waals surface area (Å²) in [5, 5.41) is 13.1. The zero-order chi connectivity index (χ0) is 28.3. The molecule has 226 valence electrons. The van der Waals surface area contributed by atoms with Crippen LogP contribution >= 0.6 is 0 Å². The summed E-state index contributed by atoms with van der Waals surface area (Å²) in [6, 6.07) is -1.35. The summed E-state index contributed by atoms with van der Waals surface area (Å²) in [5.74, 6) is -1.10. The average molecular weight is 544 g/mol. The number of carbonyl (C=O) groups is 2. The first-order valence-corrected chi connectivity index (χ1v) is 16.3. The highest BCUT2D eigenvalue weighted by Crippen LogP contribution is 2.17. The molecule has 0 aliphatic carbocycles. The van der Waals surface area contributed by atoms with E-state index in [0.29, 0.717) is 6.42 Å². The van der Waals surface area contributed by atoms with Crippen molar-refractivity contribution in [3.05, 3.63) is 0 Å². The van der Waals surface area contributed by atoms with Crippen LogP contribution in [-0.2, 0) is 14.3 Å². The minimum absolute atomic E-state index is 0.117. The number of nitrogens with one attached hydrogen (secondary N) is 1. The molecule has 0 radical (unpaired) electrons. The van der Waals surface area contributed by atoms with E-state index in [1.54, 1.807) is 6.92 Å². The van der Waals surface area contributed by atoms with E-state index < -0.39 is 24.3 Å². The van der Waals surface area contributed by atoms with Crippen molar-refractivity contribution in [1.29, 1.82) is 0 Å². The average Bonchev–Trinajstić information content (AvgIpc) is 2.91. The fourth-order valence-corrected chi connectivity index (χ4v) is 4.92. The highest BCUT2D eigenvalue weighted by atomic mass is 19.1. The lowest BCUT2D eigenvalue weighted by Gasteiger charge is -2.25. The fourth-order valence-electron chi connectivity index (χ4n) is 4.92. The Morgan fingerprint density at radius 2 is 1.05 bits per heavy atom. The predicted octanol–water partition coefficient (Wildman–Crippen LogP) is 8.75. The van der Waals surface area contributed by atoms with Crippen LogP contribution < -0.4 is 5.32 Å². The Morgan fingerprint density at radius 1 is 0.658 bits per heavy atom. The topological polar surface area (TPSA) is 75.6 Å². The fraction of sp³-hybridized carbons (Fsp3) is 0.938. The second-order valence-electron chi connectivity index (χ2n) is 11.1. The van der Waals surface area contributed by atoms with Gasteiger partial charge in [-0.1, -0.05) is 142 Å². The van der Waals surface area contributed by atoms with Crippen molar-refractivity contribution in [3.8, 4) is 0 Å². The van der Waals surface area contributed by atoms with Gasteiger partial charge in [-0.25, -0.2) is 9.18 Å². The molecule has 0 heterocycles. The van der Waals surface area contributed by atoms with E-state index in [2.05, 4.69) is 19.2 Å². The van der Waals surface area contributed by atoms with E-state index in [1.807, 2.05) is 0 Å². The highest BCUT2D eigenvalue weighted by Gasteiger charge is 2.35. The first-order chi connectivity index (χ1) is 18.5. The molecule has 0 saturated heterocycles. The van der Waals surface area contributed by atoms with Gasteiger partial charge in [0.2, 0.25) is 5.91 Å². The quantitative estimate of drug-likeness (QED) is 0.0764. The molecule has 38 heavy (non-hydrogen) atoms. The third kappa shape index (κ3) is 21.7. The van der Waals surface area contributed by atoms with Gasteiger partial charge in [0, 0.05) is 6.42 Å². The van der Waals surface area contributed by atoms with Gasteiger partial charge in [0.25, 0.3) is 0 Å². The predicted molar refractivity (Wildman–Crippen MR) is 157 cm³/mol. The van der Waals surface area contributed by atoms with Crippen molar-refractivity contribution in [2.45, 2.75) is 187 Å². The molecule has 0 fully saturated rings. The lowest BCUT2D eigenvalue weighted by atomic mass is 9.99. The Labute approximate surface area is 234 Å². The van der Waals surface area contributed by atoms with Crippen LogP contribution in [0.4, 0.5) is 4.39 Å². The molecule has 0 aliphatic rings. The van der Waals surface area contributed by atoms with Gasteiger partial charge in [-0.15, -0.1) is 0 Å². The van der Waals surface area contributed by atoms with Gasteiger partial charge in [-0.3, -0.25) is 4.79 Å². The van der Waals surface area contributed by atoms with E-state index >= 15 is 0 Å². The molecule has 0 rings (SSSR count). The maximum Gasteiger partial charge on any atom is 0.331 e. The number of hydrogen-bond donors (Lipinski definition) is 2. The van der Waals surface area contributed by atoms with Gasteiger partial charge in [-0.2, -0.15) is 0 Å². The summed E-state index contributed by atoms with van der Waals surface area (Å²) in [4.78, 5) is 24.8. The molecule has 0 saturated carbocycles. The van der Waals surface area contributed by atoms with Crippen molar-refractivity contribution in [1.82, 2.24) is 5.32 Å². The maximum absolute atomic E-state index is 14.8. The Kier molecular flexibility index (Phi) is 26.6. The van der Waals surface area contributed by atoms with Crippen LogP contribution in [-0.4, -0.2) is 41.9 Å². The molecule has 3 atom stereocenters. The van der Waals surface area contributed by atoms with E-state index in [9.17, 15) is 19.1 Å². The van der Waals surface area contributed by atoms with Crippen LogP contribution in [0.15, 0.2) is 0 Å². The third-order valence-electron chi connectivity index (χ3n) is 7.41. The number of aliphatic hydroxyl groups is 1. The third-order valence-corrected chi connectivity index (χ3v) is 7.41. The van der Waals surface area contributed by atoms with Gasteiger partial charge in [-0.05, 0) is 19.8 Å². The standard InChI is InChI=1S/C32H62FNO4/c1-4-7-9-11-13-15-16-17-19-20-22-24-26-28(33)31(36)30(32(37)38-6-3)34-29(35)27-25-23-21-18-14-12-10-8-5-2/h28,30-31,36H,4-27H2,1-3H3,(H,34,35)/t28-,30+,31+/m0/s1. The van der Waals surface area contributed by atoms with Gasteiger partial charge in [0.1, 0.15) is 12.3 Å². The van der Waals surface area contributed by atoms with Crippen LogP contribution in [0.5, 0.6) is 0 Å². The van der Waals surface area contributed by atoms with Crippen molar-refractivity contribution in [3.63, 3.8) is 0 Å². The van der Waals surface area contributed by atoms with Crippen molar-refractivity contribution in [2.75, 3.05) is 6.61 Å². The van der Waals surface area contributed by atoms with E-state index in [-0.39, 0.29) is 25.4 Å². The number of rotatable bonds is 28. The normalized spacial score (nSPS) is 13.7. The van der Waals surface area contributed by atoms with E-state index in [0.717, 1.165) is 38.5 Å². The molecule has 0 spiro atoms. The van der Waals surface area contributed by atoms with Crippen LogP contribution in [0.2, 0.25) is 0 Å². The highest BCUT2D eigenvalue weighted by molar-refractivity contribution is 5.85. The van der Waals surface area contributed by atoms with Crippen LogP contribution in [0.25, 0.3) is 0 Å². The number of aliphatic hydroxyl groups excluding tert-OH is 1. The Balaban J connectivity index is 4.14. The number of esters is 1. The molecule has 2 N–H and O–H groups in total. The lowest BCUT2D eigenvalue weighted by molar-refractivity contribution is -0.152. The van der Waals surface area contributed by atoms with Gasteiger partial charge >= 0.3 is 5.97 Å². The lowest BCUT2D eigenvalue weighted by Crippen LogP contribution is -2.52. The van der Waals surface area contributed by atoms with Crippen molar-refractivity contribution >= 4 is 11.9 Å². The molecule has 0 aromatic rings. The second kappa shape index (κ2) is 27.4. The molecular weight excluding hydrogens is 481 g/mol. The number of halogens is 1. The maximum atomic E-state index is 14.8. The Morgan fingerprint density at radius 3 is 1.47 bits per heavy atom. The summed E-state index contributed by atoms with van der Waals surface area (Å²) in [7, 11) is 0. The number of amides is 1. The summed E-state index contributed by atoms with van der Waals surface area (Å²) in [5.41, 5.74) is 0. The number of hydrogen-bond acceptors (Lipinski definition) is 4. The minimum atomic E-state index is -1.59. The Hall–Kier alpha value is -1.17. The first kappa shape index (κ1) is 36.8. The zero-order valence-electron chi connectivity index (χ0n) is 25.3.